The van der Waals surface area contributed by atoms with E-state index in [0.717, 1.165) is 18.4 Å². The third kappa shape index (κ3) is 3.08. The molecule has 3 heteroatoms. The number of benzene rings is 1. The quantitative estimate of drug-likeness (QED) is 0.855. The summed E-state index contributed by atoms with van der Waals surface area (Å²) in [4.78, 5) is 0. The van der Waals surface area contributed by atoms with Crippen molar-refractivity contribution in [1.29, 1.82) is 0 Å². The van der Waals surface area contributed by atoms with Crippen molar-refractivity contribution in [3.63, 3.8) is 0 Å². The van der Waals surface area contributed by atoms with Crippen molar-refractivity contribution in [3.05, 3.63) is 34.1 Å². The number of aliphatic hydroxyl groups is 1. The topological polar surface area (TPSA) is 20.2 Å². The molecule has 0 aromatic heterocycles. The average Bonchev–Trinajstić information content (AvgIpc) is 2.32. The van der Waals surface area contributed by atoms with E-state index in [1.807, 2.05) is 0 Å². The first-order valence-electron chi connectivity index (χ1n) is 6.21. The predicted octanol–water partition coefficient (Wildman–Crippen LogP) is 4.45. The van der Waals surface area contributed by atoms with Gasteiger partial charge in [-0.15, -0.1) is 0 Å². The van der Waals surface area contributed by atoms with E-state index in [1.54, 1.807) is 12.1 Å². The Morgan fingerprint density at radius 3 is 2.82 bits per heavy atom. The van der Waals surface area contributed by atoms with Gasteiger partial charge in [0.05, 0.1) is 10.6 Å². The van der Waals surface area contributed by atoms with Gasteiger partial charge in [0.1, 0.15) is 5.82 Å². The van der Waals surface area contributed by atoms with Gasteiger partial charge in [-0.3, -0.25) is 0 Å². The van der Waals surface area contributed by atoms with Crippen LogP contribution in [0.3, 0.4) is 0 Å². The van der Waals surface area contributed by atoms with Crippen molar-refractivity contribution in [2.24, 2.45) is 11.8 Å². The van der Waals surface area contributed by atoms with Crippen LogP contribution in [0.1, 0.15) is 44.3 Å². The molecular weight excluding hydrogens is 283 g/mol. The maximum Gasteiger partial charge on any atom is 0.137 e. The summed E-state index contributed by atoms with van der Waals surface area (Å²) in [5, 5.41) is 10.3. The highest BCUT2D eigenvalue weighted by Gasteiger charge is 2.26. The molecule has 1 aliphatic rings. The first-order chi connectivity index (χ1) is 8.08. The summed E-state index contributed by atoms with van der Waals surface area (Å²) in [6, 6.07) is 4.79. The lowest BCUT2D eigenvalue weighted by atomic mass is 9.78. The number of hydrogen-bond acceptors (Lipinski definition) is 1. The molecule has 0 spiro atoms. The van der Waals surface area contributed by atoms with Crippen LogP contribution in [0.25, 0.3) is 0 Å². The van der Waals surface area contributed by atoms with E-state index < -0.39 is 6.10 Å². The van der Waals surface area contributed by atoms with Gasteiger partial charge in [0.25, 0.3) is 0 Å². The Hall–Kier alpha value is -0.410. The third-order valence-corrected chi connectivity index (χ3v) is 4.32. The van der Waals surface area contributed by atoms with Crippen molar-refractivity contribution < 1.29 is 9.50 Å². The number of hydrogen-bond donors (Lipinski definition) is 1. The number of halogens is 2. The van der Waals surface area contributed by atoms with Crippen LogP contribution in [0.4, 0.5) is 4.39 Å². The highest BCUT2D eigenvalue weighted by atomic mass is 79.9. The second kappa shape index (κ2) is 5.49. The molecule has 1 nitrogen and oxygen atoms in total. The largest absolute Gasteiger partial charge is 0.388 e. The molecule has 0 bridgehead atoms. The standard InChI is InChI=1S/C14H18BrFO/c1-9-3-2-4-10(7-9)14(17)11-5-6-13(16)12(15)8-11/h5-6,8-10,14,17H,2-4,7H2,1H3. The van der Waals surface area contributed by atoms with Crippen LogP contribution in [0.5, 0.6) is 0 Å². The maximum atomic E-state index is 13.1. The van der Waals surface area contributed by atoms with Gasteiger partial charge >= 0.3 is 0 Å². The Labute approximate surface area is 110 Å². The summed E-state index contributed by atoms with van der Waals surface area (Å²) < 4.78 is 13.6. The highest BCUT2D eigenvalue weighted by molar-refractivity contribution is 9.10. The lowest BCUT2D eigenvalue weighted by molar-refractivity contribution is 0.0713. The summed E-state index contributed by atoms with van der Waals surface area (Å²) in [5.74, 6) is 0.723. The van der Waals surface area contributed by atoms with Gasteiger partial charge < -0.3 is 5.11 Å². The molecule has 1 fully saturated rings. The monoisotopic (exact) mass is 300 g/mol. The normalized spacial score (nSPS) is 26.8. The molecule has 1 saturated carbocycles. The molecule has 0 radical (unpaired) electrons. The molecule has 3 unspecified atom stereocenters. The van der Waals surface area contributed by atoms with E-state index >= 15 is 0 Å². The van der Waals surface area contributed by atoms with Gasteiger partial charge in [-0.05, 0) is 58.3 Å². The molecule has 0 aliphatic heterocycles. The van der Waals surface area contributed by atoms with Crippen LogP contribution in [0.2, 0.25) is 0 Å². The van der Waals surface area contributed by atoms with E-state index in [4.69, 9.17) is 0 Å². The molecule has 2 rings (SSSR count). The van der Waals surface area contributed by atoms with Crippen LogP contribution in [-0.4, -0.2) is 5.11 Å². The fourth-order valence-electron chi connectivity index (χ4n) is 2.74. The molecule has 1 aromatic rings. The molecule has 1 N–H and O–H groups in total. The minimum absolute atomic E-state index is 0.280. The van der Waals surface area contributed by atoms with Crippen molar-refractivity contribution >= 4 is 15.9 Å². The predicted molar refractivity (Wildman–Crippen MR) is 70.2 cm³/mol. The Balaban J connectivity index is 2.12. The van der Waals surface area contributed by atoms with E-state index in [2.05, 4.69) is 22.9 Å². The van der Waals surface area contributed by atoms with E-state index in [9.17, 15) is 9.50 Å². The highest BCUT2D eigenvalue weighted by Crippen LogP contribution is 2.37. The van der Waals surface area contributed by atoms with Crippen LogP contribution >= 0.6 is 15.9 Å². The number of rotatable bonds is 2. The first-order valence-corrected chi connectivity index (χ1v) is 7.00. The molecule has 3 atom stereocenters. The Kier molecular flexibility index (Phi) is 4.21. The van der Waals surface area contributed by atoms with Crippen molar-refractivity contribution in [1.82, 2.24) is 0 Å². The summed E-state index contributed by atoms with van der Waals surface area (Å²) in [6.45, 7) is 2.24. The summed E-state index contributed by atoms with van der Waals surface area (Å²) in [5.41, 5.74) is 0.817. The maximum absolute atomic E-state index is 13.1. The molecular formula is C14H18BrFO. The average molecular weight is 301 g/mol. The minimum atomic E-state index is -0.463. The molecule has 1 aliphatic carbocycles. The van der Waals surface area contributed by atoms with Gasteiger partial charge in [0, 0.05) is 0 Å². The van der Waals surface area contributed by atoms with Crippen LogP contribution in [0, 0.1) is 17.7 Å². The van der Waals surface area contributed by atoms with Crippen LogP contribution in [-0.2, 0) is 0 Å². The van der Waals surface area contributed by atoms with E-state index in [1.165, 1.54) is 18.9 Å². The Morgan fingerprint density at radius 1 is 1.41 bits per heavy atom. The summed E-state index contributed by atoms with van der Waals surface area (Å²) in [6.07, 6.45) is 4.12. The zero-order valence-corrected chi connectivity index (χ0v) is 11.6. The van der Waals surface area contributed by atoms with E-state index in [-0.39, 0.29) is 5.82 Å². The van der Waals surface area contributed by atoms with Gasteiger partial charge in [-0.1, -0.05) is 25.8 Å². The molecule has 0 heterocycles. The van der Waals surface area contributed by atoms with Gasteiger partial charge in [0.15, 0.2) is 0 Å². The lowest BCUT2D eigenvalue weighted by Crippen LogP contribution is -2.20. The number of aliphatic hydroxyl groups excluding tert-OH is 1. The summed E-state index contributed by atoms with van der Waals surface area (Å²) in [7, 11) is 0. The van der Waals surface area contributed by atoms with Crippen molar-refractivity contribution in [2.45, 2.75) is 38.7 Å². The van der Waals surface area contributed by atoms with Crippen molar-refractivity contribution in [3.8, 4) is 0 Å². The fourth-order valence-corrected chi connectivity index (χ4v) is 3.13. The molecule has 94 valence electrons. The zero-order chi connectivity index (χ0) is 12.4. The van der Waals surface area contributed by atoms with Gasteiger partial charge in [-0.25, -0.2) is 4.39 Å². The van der Waals surface area contributed by atoms with Crippen LogP contribution < -0.4 is 0 Å². The fraction of sp³-hybridized carbons (Fsp3) is 0.571. The molecule has 0 saturated heterocycles. The Bertz CT molecular complexity index is 394. The lowest BCUT2D eigenvalue weighted by Gasteiger charge is -2.30. The van der Waals surface area contributed by atoms with Crippen LogP contribution in [0.15, 0.2) is 22.7 Å². The van der Waals surface area contributed by atoms with Gasteiger partial charge in [0.2, 0.25) is 0 Å². The summed E-state index contributed by atoms with van der Waals surface area (Å²) >= 11 is 3.16. The molecule has 17 heavy (non-hydrogen) atoms. The first kappa shape index (κ1) is 13.0. The molecule has 0 amide bonds. The molecule has 1 aromatic carbocycles. The van der Waals surface area contributed by atoms with Gasteiger partial charge in [-0.2, -0.15) is 0 Å². The third-order valence-electron chi connectivity index (χ3n) is 3.71. The second-order valence-electron chi connectivity index (χ2n) is 5.15. The van der Waals surface area contributed by atoms with E-state index in [0.29, 0.717) is 16.3 Å². The minimum Gasteiger partial charge on any atom is -0.388 e. The van der Waals surface area contributed by atoms with Crippen molar-refractivity contribution in [2.75, 3.05) is 0 Å². The second-order valence-corrected chi connectivity index (χ2v) is 6.00. The SMILES string of the molecule is CC1CCCC(C(O)c2ccc(F)c(Br)c2)C1. The zero-order valence-electron chi connectivity index (χ0n) is 10.00. The Morgan fingerprint density at radius 2 is 2.18 bits per heavy atom. The smallest absolute Gasteiger partial charge is 0.137 e.